The fourth-order valence-corrected chi connectivity index (χ4v) is 3.74. The molecule has 0 saturated carbocycles. The Hall–Kier alpha value is -2.86. The van der Waals surface area contributed by atoms with Crippen LogP contribution < -0.4 is 4.74 Å². The number of hydrogen-bond donors (Lipinski definition) is 0. The third-order valence-electron chi connectivity index (χ3n) is 5.30. The Morgan fingerprint density at radius 1 is 1.19 bits per heavy atom. The number of amides is 2. The van der Waals surface area contributed by atoms with Crippen LogP contribution in [0.25, 0.3) is 0 Å². The van der Waals surface area contributed by atoms with Crippen LogP contribution >= 0.6 is 11.6 Å². The normalized spacial score (nSPS) is 16.0. The van der Waals surface area contributed by atoms with E-state index in [9.17, 15) is 9.59 Å². The molecule has 7 heteroatoms. The number of hydrazone groups is 1. The summed E-state index contributed by atoms with van der Waals surface area (Å²) in [5, 5.41) is 6.80. The number of nitrogens with zero attached hydrogens (tertiary/aromatic N) is 3. The van der Waals surface area contributed by atoms with Gasteiger partial charge in [0.25, 0.3) is 5.91 Å². The lowest BCUT2D eigenvalue weighted by molar-refractivity contribution is -0.141. The molecule has 2 aromatic rings. The van der Waals surface area contributed by atoms with Crippen molar-refractivity contribution in [1.82, 2.24) is 9.91 Å². The molecule has 0 N–H and O–H groups in total. The van der Waals surface area contributed by atoms with Crippen LogP contribution in [0.4, 0.5) is 0 Å². The molecular formula is C25H30ClN3O3. The minimum atomic E-state index is -0.271. The molecule has 0 aromatic heterocycles. The van der Waals surface area contributed by atoms with E-state index >= 15 is 0 Å². The van der Waals surface area contributed by atoms with E-state index in [0.29, 0.717) is 17.9 Å². The monoisotopic (exact) mass is 455 g/mol. The van der Waals surface area contributed by atoms with Crippen LogP contribution in [0.3, 0.4) is 0 Å². The molecule has 0 spiro atoms. The molecule has 1 aliphatic rings. The van der Waals surface area contributed by atoms with Gasteiger partial charge in [0.2, 0.25) is 5.91 Å². The van der Waals surface area contributed by atoms with Crippen LogP contribution in [0.1, 0.15) is 50.8 Å². The number of hydrogen-bond acceptors (Lipinski definition) is 4. The van der Waals surface area contributed by atoms with E-state index in [1.165, 1.54) is 9.91 Å². The number of carbonyl (C=O) groups excluding carboxylic acids is 2. The first-order chi connectivity index (χ1) is 15.1. The van der Waals surface area contributed by atoms with Gasteiger partial charge in [-0.25, -0.2) is 5.01 Å². The predicted octanol–water partition coefficient (Wildman–Crippen LogP) is 4.92. The maximum absolute atomic E-state index is 13.3. The average molecular weight is 456 g/mol. The van der Waals surface area contributed by atoms with Gasteiger partial charge in [0.15, 0.2) is 0 Å². The Bertz CT molecular complexity index is 1010. The van der Waals surface area contributed by atoms with Crippen LogP contribution in [0.15, 0.2) is 53.6 Å². The Morgan fingerprint density at radius 2 is 1.88 bits per heavy atom. The van der Waals surface area contributed by atoms with Crippen molar-refractivity contribution in [1.29, 1.82) is 0 Å². The number of methoxy groups -OCH3 is 1. The van der Waals surface area contributed by atoms with Crippen molar-refractivity contribution in [2.45, 2.75) is 39.7 Å². The predicted molar refractivity (Wildman–Crippen MR) is 127 cm³/mol. The van der Waals surface area contributed by atoms with Gasteiger partial charge in [-0.2, -0.15) is 5.10 Å². The summed E-state index contributed by atoms with van der Waals surface area (Å²) in [6.45, 7) is 5.97. The molecule has 170 valence electrons. The molecule has 0 fully saturated rings. The Morgan fingerprint density at radius 3 is 2.50 bits per heavy atom. The molecule has 3 rings (SSSR count). The molecule has 0 radical (unpaired) electrons. The van der Waals surface area contributed by atoms with Gasteiger partial charge in [-0.15, -0.1) is 0 Å². The quantitative estimate of drug-likeness (QED) is 0.621. The highest BCUT2D eigenvalue weighted by molar-refractivity contribution is 6.30. The summed E-state index contributed by atoms with van der Waals surface area (Å²) in [7, 11) is 3.28. The minimum absolute atomic E-state index is 0.0338. The maximum Gasteiger partial charge on any atom is 0.262 e. The van der Waals surface area contributed by atoms with Crippen molar-refractivity contribution >= 4 is 29.1 Å². The fraction of sp³-hybridized carbons (Fsp3) is 0.400. The summed E-state index contributed by atoms with van der Waals surface area (Å²) in [6, 6.07) is 14.8. The van der Waals surface area contributed by atoms with E-state index in [1.807, 2.05) is 69.3 Å². The zero-order valence-corrected chi connectivity index (χ0v) is 20.0. The highest BCUT2D eigenvalue weighted by atomic mass is 35.5. The van der Waals surface area contributed by atoms with Gasteiger partial charge < -0.3 is 9.64 Å². The van der Waals surface area contributed by atoms with Gasteiger partial charge in [0, 0.05) is 30.5 Å². The van der Waals surface area contributed by atoms with Crippen molar-refractivity contribution in [3.8, 4) is 5.75 Å². The summed E-state index contributed by atoms with van der Waals surface area (Å²) in [5.74, 6) is 0.434. The van der Waals surface area contributed by atoms with Gasteiger partial charge in [0.1, 0.15) is 12.3 Å². The van der Waals surface area contributed by atoms with Crippen molar-refractivity contribution in [2.24, 2.45) is 10.5 Å². The first kappa shape index (κ1) is 23.8. The summed E-state index contributed by atoms with van der Waals surface area (Å²) < 4.78 is 5.34. The lowest BCUT2D eigenvalue weighted by Gasteiger charge is -2.26. The highest BCUT2D eigenvalue weighted by Crippen LogP contribution is 2.34. The van der Waals surface area contributed by atoms with Gasteiger partial charge in [-0.05, 0) is 35.2 Å². The van der Waals surface area contributed by atoms with Gasteiger partial charge in [-0.1, -0.05) is 56.6 Å². The number of carbonyl (C=O) groups is 2. The second-order valence-corrected chi connectivity index (χ2v) is 9.71. The molecule has 32 heavy (non-hydrogen) atoms. The Kier molecular flexibility index (Phi) is 7.24. The van der Waals surface area contributed by atoms with E-state index in [1.54, 1.807) is 14.2 Å². The zero-order valence-electron chi connectivity index (χ0n) is 19.3. The third kappa shape index (κ3) is 5.88. The molecule has 2 aromatic carbocycles. The van der Waals surface area contributed by atoms with Crippen LogP contribution in [0.5, 0.6) is 5.75 Å². The minimum Gasteiger partial charge on any atom is -0.497 e. The van der Waals surface area contributed by atoms with Crippen LogP contribution in [0.2, 0.25) is 5.02 Å². The largest absolute Gasteiger partial charge is 0.497 e. The van der Waals surface area contributed by atoms with Crippen molar-refractivity contribution in [2.75, 3.05) is 20.7 Å². The van der Waals surface area contributed by atoms with Crippen LogP contribution in [-0.4, -0.2) is 48.1 Å². The maximum atomic E-state index is 13.3. The molecule has 1 unspecified atom stereocenters. The van der Waals surface area contributed by atoms with E-state index in [4.69, 9.17) is 16.3 Å². The zero-order chi connectivity index (χ0) is 23.5. The van der Waals surface area contributed by atoms with E-state index < -0.39 is 0 Å². The molecule has 0 bridgehead atoms. The lowest BCUT2D eigenvalue weighted by atomic mass is 9.92. The smallest absolute Gasteiger partial charge is 0.262 e. The molecule has 1 heterocycles. The molecular weight excluding hydrogens is 426 g/mol. The number of ether oxygens (including phenoxy) is 1. The second kappa shape index (κ2) is 9.74. The standard InChI is InChI=1S/C25H30ClN3O3/c1-25(2,3)15-23(30)28(4)16-24(31)29-22(17-9-11-19(26)12-10-17)14-21(27-29)18-7-6-8-20(13-18)32-5/h6-13,22H,14-16H2,1-5H3. The van der Waals surface area contributed by atoms with Crippen molar-refractivity contribution in [3.63, 3.8) is 0 Å². The summed E-state index contributed by atoms with van der Waals surface area (Å²) >= 11 is 6.06. The Balaban J connectivity index is 1.86. The second-order valence-electron chi connectivity index (χ2n) is 9.28. The molecule has 6 nitrogen and oxygen atoms in total. The van der Waals surface area contributed by atoms with Crippen molar-refractivity contribution in [3.05, 3.63) is 64.7 Å². The van der Waals surface area contributed by atoms with Gasteiger partial charge in [-0.3, -0.25) is 9.59 Å². The number of rotatable bonds is 6. The molecule has 2 amide bonds. The SMILES string of the molecule is COc1cccc(C2=NN(C(=O)CN(C)C(=O)CC(C)(C)C)C(c3ccc(Cl)cc3)C2)c1. The Labute approximate surface area is 194 Å². The number of benzene rings is 2. The first-order valence-electron chi connectivity index (χ1n) is 10.6. The van der Waals surface area contributed by atoms with Gasteiger partial charge in [0.05, 0.1) is 18.9 Å². The fourth-order valence-electron chi connectivity index (χ4n) is 3.61. The molecule has 0 aliphatic carbocycles. The molecule has 1 atom stereocenters. The van der Waals surface area contributed by atoms with E-state index in [0.717, 1.165) is 22.6 Å². The van der Waals surface area contributed by atoms with Crippen LogP contribution in [-0.2, 0) is 9.59 Å². The van der Waals surface area contributed by atoms with E-state index in [-0.39, 0.29) is 29.8 Å². The van der Waals surface area contributed by atoms with Gasteiger partial charge >= 0.3 is 0 Å². The van der Waals surface area contributed by atoms with Crippen molar-refractivity contribution < 1.29 is 14.3 Å². The summed E-state index contributed by atoms with van der Waals surface area (Å²) in [4.78, 5) is 27.3. The summed E-state index contributed by atoms with van der Waals surface area (Å²) in [6.07, 6.45) is 0.927. The number of likely N-dealkylation sites (N-methyl/N-ethyl adjacent to an activating group) is 1. The van der Waals surface area contributed by atoms with E-state index in [2.05, 4.69) is 5.10 Å². The highest BCUT2D eigenvalue weighted by Gasteiger charge is 2.34. The molecule has 0 saturated heterocycles. The first-order valence-corrected chi connectivity index (χ1v) is 11.0. The topological polar surface area (TPSA) is 62.2 Å². The third-order valence-corrected chi connectivity index (χ3v) is 5.56. The average Bonchev–Trinajstić information content (AvgIpc) is 3.18. The summed E-state index contributed by atoms with van der Waals surface area (Å²) in [5.41, 5.74) is 2.48. The lowest BCUT2D eigenvalue weighted by Crippen LogP contribution is -2.40. The number of halogens is 1. The molecule has 1 aliphatic heterocycles. The van der Waals surface area contributed by atoms with Crippen LogP contribution in [0, 0.1) is 5.41 Å².